The second-order valence-corrected chi connectivity index (χ2v) is 9.69. The molecule has 7 nitrogen and oxygen atoms in total. The van der Waals surface area contributed by atoms with E-state index in [4.69, 9.17) is 4.74 Å². The van der Waals surface area contributed by atoms with Gasteiger partial charge in [0.2, 0.25) is 15.9 Å². The number of aromatic nitrogens is 1. The van der Waals surface area contributed by atoms with Gasteiger partial charge in [0.15, 0.2) is 0 Å². The van der Waals surface area contributed by atoms with Gasteiger partial charge in [0.05, 0.1) is 13.0 Å². The van der Waals surface area contributed by atoms with Crippen LogP contribution in [0.15, 0.2) is 47.5 Å². The lowest BCUT2D eigenvalue weighted by Gasteiger charge is -2.27. The van der Waals surface area contributed by atoms with Crippen LogP contribution in [0.5, 0.6) is 5.75 Å². The molecule has 1 aromatic heterocycles. The lowest BCUT2D eigenvalue weighted by atomic mass is 10.1. The normalized spacial score (nSPS) is 15.1. The first-order valence-corrected chi connectivity index (χ1v) is 12.1. The lowest BCUT2D eigenvalue weighted by Crippen LogP contribution is -2.35. The summed E-state index contributed by atoms with van der Waals surface area (Å²) in [5.41, 5.74) is 1.72. The number of piperidine rings is 1. The summed E-state index contributed by atoms with van der Waals surface area (Å²) in [4.78, 5) is 15.7. The highest BCUT2D eigenvalue weighted by atomic mass is 32.2. The molecule has 1 saturated heterocycles. The number of carbonyl (C=O) groups excluding carboxylic acids is 1. The Morgan fingerprint density at radius 3 is 2.69 bits per heavy atom. The molecule has 0 aliphatic carbocycles. The van der Waals surface area contributed by atoms with Crippen LogP contribution >= 0.6 is 0 Å². The first kappa shape index (κ1) is 22.3. The Morgan fingerprint density at radius 1 is 1.16 bits per heavy atom. The van der Waals surface area contributed by atoms with Crippen molar-refractivity contribution in [3.05, 3.63) is 54.0 Å². The van der Waals surface area contributed by atoms with E-state index in [9.17, 15) is 17.6 Å². The molecule has 0 unspecified atom stereocenters. The van der Waals surface area contributed by atoms with E-state index in [1.54, 1.807) is 31.3 Å². The summed E-state index contributed by atoms with van der Waals surface area (Å²) < 4.78 is 46.9. The van der Waals surface area contributed by atoms with Gasteiger partial charge >= 0.3 is 0 Å². The fourth-order valence-electron chi connectivity index (χ4n) is 3.99. The number of anilines is 1. The van der Waals surface area contributed by atoms with Crippen LogP contribution in [0.3, 0.4) is 0 Å². The summed E-state index contributed by atoms with van der Waals surface area (Å²) in [5, 5.41) is 3.54. The van der Waals surface area contributed by atoms with Gasteiger partial charge in [-0.1, -0.05) is 6.42 Å². The summed E-state index contributed by atoms with van der Waals surface area (Å²) in [5.74, 6) is -0.386. The number of sulfonamides is 1. The number of carbonyl (C=O) groups is 1. The summed E-state index contributed by atoms with van der Waals surface area (Å²) in [6, 6.07) is 9.01. The molecular weight excluding hydrogens is 433 g/mol. The molecule has 2 aromatic carbocycles. The number of fused-ring (bicyclic) bond motifs is 1. The van der Waals surface area contributed by atoms with E-state index in [2.05, 4.69) is 10.3 Å². The highest BCUT2D eigenvalue weighted by molar-refractivity contribution is 7.89. The van der Waals surface area contributed by atoms with Crippen molar-refractivity contribution >= 4 is 32.5 Å². The van der Waals surface area contributed by atoms with E-state index < -0.39 is 10.0 Å². The molecule has 0 saturated carbocycles. The summed E-state index contributed by atoms with van der Waals surface area (Å²) in [7, 11) is -3.74. The molecule has 3 aromatic rings. The Labute approximate surface area is 186 Å². The quantitative estimate of drug-likeness (QED) is 0.557. The minimum Gasteiger partial charge on any atom is -0.492 e. The molecule has 170 valence electrons. The van der Waals surface area contributed by atoms with E-state index in [-0.39, 0.29) is 28.8 Å². The summed E-state index contributed by atoms with van der Waals surface area (Å²) >= 11 is 0. The van der Waals surface area contributed by atoms with Crippen LogP contribution in [0.4, 0.5) is 10.1 Å². The fraction of sp³-hybridized carbons (Fsp3) is 0.348. The monoisotopic (exact) mass is 459 g/mol. The van der Waals surface area contributed by atoms with E-state index in [0.29, 0.717) is 30.9 Å². The van der Waals surface area contributed by atoms with Crippen LogP contribution in [0.25, 0.3) is 10.9 Å². The molecule has 0 spiro atoms. The third-order valence-corrected chi connectivity index (χ3v) is 7.46. The predicted molar refractivity (Wildman–Crippen MR) is 121 cm³/mol. The van der Waals surface area contributed by atoms with Gasteiger partial charge in [-0.15, -0.1) is 0 Å². The zero-order valence-corrected chi connectivity index (χ0v) is 18.7. The fourth-order valence-corrected chi connectivity index (χ4v) is 5.66. The van der Waals surface area contributed by atoms with Crippen LogP contribution < -0.4 is 10.1 Å². The zero-order chi connectivity index (χ0) is 22.7. The molecule has 1 amide bonds. The van der Waals surface area contributed by atoms with Gasteiger partial charge in [-0.3, -0.25) is 4.79 Å². The van der Waals surface area contributed by atoms with Crippen molar-refractivity contribution in [1.29, 1.82) is 0 Å². The van der Waals surface area contributed by atoms with Crippen molar-refractivity contribution in [3.63, 3.8) is 0 Å². The number of ether oxygens (including phenoxy) is 1. The standard InChI is InChI=1S/C23H26FN3O4S/c1-2-31-21-9-7-18(14-22(21)32(29,30)27-10-4-3-5-11-27)26-23(28)12-16-15-25-20-13-17(24)6-8-19(16)20/h6-9,13-15,25H,2-5,10-12H2,1H3,(H,26,28). The topological polar surface area (TPSA) is 91.5 Å². The molecular formula is C23H26FN3O4S. The van der Waals surface area contributed by atoms with Crippen LogP contribution in [0, 0.1) is 5.82 Å². The molecule has 2 N–H and O–H groups in total. The molecule has 0 radical (unpaired) electrons. The zero-order valence-electron chi connectivity index (χ0n) is 17.9. The van der Waals surface area contributed by atoms with E-state index in [1.165, 1.54) is 22.5 Å². The van der Waals surface area contributed by atoms with Crippen molar-refractivity contribution < 1.29 is 22.3 Å². The minimum atomic E-state index is -3.74. The number of amides is 1. The number of nitrogens with one attached hydrogen (secondary N) is 2. The molecule has 1 fully saturated rings. The summed E-state index contributed by atoms with van der Waals surface area (Å²) in [6.45, 7) is 3.08. The Balaban J connectivity index is 1.56. The first-order chi connectivity index (χ1) is 15.4. The maximum atomic E-state index is 13.4. The Morgan fingerprint density at radius 2 is 1.94 bits per heavy atom. The maximum Gasteiger partial charge on any atom is 0.246 e. The Hall–Kier alpha value is -2.91. The van der Waals surface area contributed by atoms with Crippen LogP contribution in [0.1, 0.15) is 31.7 Å². The first-order valence-electron chi connectivity index (χ1n) is 10.7. The number of benzene rings is 2. The molecule has 1 aliphatic heterocycles. The van der Waals surface area contributed by atoms with Gasteiger partial charge in [-0.2, -0.15) is 4.31 Å². The van der Waals surface area contributed by atoms with Crippen LogP contribution in [-0.2, 0) is 21.2 Å². The average Bonchev–Trinajstić information content (AvgIpc) is 3.17. The molecule has 1 aliphatic rings. The van der Waals surface area contributed by atoms with Crippen molar-refractivity contribution in [1.82, 2.24) is 9.29 Å². The van der Waals surface area contributed by atoms with E-state index in [0.717, 1.165) is 30.2 Å². The van der Waals surface area contributed by atoms with Gasteiger partial charge in [0.25, 0.3) is 0 Å². The SMILES string of the molecule is CCOc1ccc(NC(=O)Cc2c[nH]c3cc(F)ccc23)cc1S(=O)(=O)N1CCCCC1. The number of halogens is 1. The van der Waals surface area contributed by atoms with Crippen molar-refractivity contribution in [2.24, 2.45) is 0 Å². The Bertz CT molecular complexity index is 1230. The Kier molecular flexibility index (Phi) is 6.48. The number of aromatic amines is 1. The molecule has 2 heterocycles. The third-order valence-electron chi connectivity index (χ3n) is 5.54. The second-order valence-electron chi connectivity index (χ2n) is 7.79. The highest BCUT2D eigenvalue weighted by Crippen LogP contribution is 2.31. The maximum absolute atomic E-state index is 13.4. The lowest BCUT2D eigenvalue weighted by molar-refractivity contribution is -0.115. The number of rotatable bonds is 7. The number of H-pyrrole nitrogens is 1. The van der Waals surface area contributed by atoms with Crippen LogP contribution in [0.2, 0.25) is 0 Å². The number of hydrogen-bond donors (Lipinski definition) is 2. The molecule has 0 atom stereocenters. The van der Waals surface area contributed by atoms with Crippen LogP contribution in [-0.4, -0.2) is 43.3 Å². The van der Waals surface area contributed by atoms with Gasteiger partial charge in [0.1, 0.15) is 16.5 Å². The third kappa shape index (κ3) is 4.63. The van der Waals surface area contributed by atoms with Gasteiger partial charge in [-0.05, 0) is 61.7 Å². The average molecular weight is 460 g/mol. The van der Waals surface area contributed by atoms with Crippen molar-refractivity contribution in [2.45, 2.75) is 37.5 Å². The number of hydrogen-bond acceptors (Lipinski definition) is 4. The molecule has 4 rings (SSSR count). The molecule has 9 heteroatoms. The predicted octanol–water partition coefficient (Wildman–Crippen LogP) is 4.06. The minimum absolute atomic E-state index is 0.0571. The van der Waals surface area contributed by atoms with Crippen molar-refractivity contribution in [3.8, 4) is 5.75 Å². The van der Waals surface area contributed by atoms with Gasteiger partial charge in [-0.25, -0.2) is 12.8 Å². The van der Waals surface area contributed by atoms with Gasteiger partial charge < -0.3 is 15.0 Å². The van der Waals surface area contributed by atoms with E-state index >= 15 is 0 Å². The largest absolute Gasteiger partial charge is 0.492 e. The molecule has 32 heavy (non-hydrogen) atoms. The van der Waals surface area contributed by atoms with E-state index in [1.807, 2.05) is 0 Å². The summed E-state index contributed by atoms with van der Waals surface area (Å²) in [6.07, 6.45) is 4.41. The highest BCUT2D eigenvalue weighted by Gasteiger charge is 2.29. The second kappa shape index (κ2) is 9.30. The smallest absolute Gasteiger partial charge is 0.246 e. The van der Waals surface area contributed by atoms with Crippen molar-refractivity contribution in [2.75, 3.05) is 25.0 Å². The van der Waals surface area contributed by atoms with Gasteiger partial charge in [0, 0.05) is 35.9 Å². The number of nitrogens with zero attached hydrogens (tertiary/aromatic N) is 1. The molecule has 0 bridgehead atoms.